The van der Waals surface area contributed by atoms with Crippen LogP contribution in [0, 0.1) is 0 Å². The number of benzene rings is 2. The summed E-state index contributed by atoms with van der Waals surface area (Å²) in [5.74, 6) is 2.63. The number of thioether (sulfide) groups is 1. The van der Waals surface area contributed by atoms with Gasteiger partial charge < -0.3 is 18.8 Å². The third-order valence-electron chi connectivity index (χ3n) is 5.00. The third-order valence-corrected chi connectivity index (χ3v) is 6.63. The maximum atomic E-state index is 13.0. The molecule has 0 aliphatic carbocycles. The molecule has 1 amide bonds. The molecule has 1 aromatic heterocycles. The monoisotopic (exact) mass is 474 g/mol. The van der Waals surface area contributed by atoms with Crippen LogP contribution in [0.3, 0.4) is 0 Å². The van der Waals surface area contributed by atoms with Crippen molar-refractivity contribution in [2.45, 2.75) is 32.7 Å². The molecule has 3 aromatic rings. The number of methoxy groups -OCH3 is 2. The highest BCUT2D eigenvalue weighted by Gasteiger charge is 2.14. The molecule has 0 radical (unpaired) electrons. The first kappa shape index (κ1) is 24.2. The summed E-state index contributed by atoms with van der Waals surface area (Å²) < 4.78 is 19.8. The number of thiazole rings is 1. The fourth-order valence-corrected chi connectivity index (χ4v) is 4.72. The SMILES string of the molecule is CCCCCOc1cccc(C(=O)N=c2sc3cc(OC)c(OC)cc3n2CCSC)c1. The molecule has 0 bridgehead atoms. The molecule has 6 nitrogen and oxygen atoms in total. The second-order valence-corrected chi connectivity index (χ2v) is 9.20. The minimum atomic E-state index is -0.285. The highest BCUT2D eigenvalue weighted by molar-refractivity contribution is 7.98. The van der Waals surface area contributed by atoms with E-state index in [-0.39, 0.29) is 5.91 Å². The summed E-state index contributed by atoms with van der Waals surface area (Å²) >= 11 is 3.22. The quantitative estimate of drug-likeness (QED) is 0.349. The molecule has 0 aliphatic rings. The number of amides is 1. The van der Waals surface area contributed by atoms with Crippen LogP contribution >= 0.6 is 23.1 Å². The van der Waals surface area contributed by atoms with Gasteiger partial charge in [-0.05, 0) is 30.9 Å². The van der Waals surface area contributed by atoms with Crippen LogP contribution in [-0.2, 0) is 6.54 Å². The number of fused-ring (bicyclic) bond motifs is 1. The summed E-state index contributed by atoms with van der Waals surface area (Å²) in [5, 5.41) is 0. The molecule has 3 rings (SSSR count). The molecule has 2 aromatic carbocycles. The van der Waals surface area contributed by atoms with Crippen molar-refractivity contribution >= 4 is 39.2 Å². The Morgan fingerprint density at radius 2 is 1.91 bits per heavy atom. The van der Waals surface area contributed by atoms with Crippen molar-refractivity contribution in [1.29, 1.82) is 0 Å². The largest absolute Gasteiger partial charge is 0.494 e. The Morgan fingerprint density at radius 3 is 2.62 bits per heavy atom. The molecular formula is C24H30N2O4S2. The lowest BCUT2D eigenvalue weighted by atomic mass is 10.2. The number of aromatic nitrogens is 1. The fourth-order valence-electron chi connectivity index (χ4n) is 3.29. The number of aryl methyl sites for hydroxylation is 1. The molecule has 0 saturated carbocycles. The van der Waals surface area contributed by atoms with Crippen LogP contribution in [0.2, 0.25) is 0 Å². The van der Waals surface area contributed by atoms with Crippen LogP contribution in [0.25, 0.3) is 10.2 Å². The maximum absolute atomic E-state index is 13.0. The zero-order valence-corrected chi connectivity index (χ0v) is 20.7. The summed E-state index contributed by atoms with van der Waals surface area (Å²) in [4.78, 5) is 18.1. The number of ether oxygens (including phenoxy) is 3. The van der Waals surface area contributed by atoms with E-state index in [0.717, 1.165) is 41.8 Å². The number of unbranched alkanes of at least 4 members (excludes halogenated alkanes) is 2. The third kappa shape index (κ3) is 5.86. The number of rotatable bonds is 11. The number of carbonyl (C=O) groups excluding carboxylic acids is 1. The molecule has 32 heavy (non-hydrogen) atoms. The van der Waals surface area contributed by atoms with Gasteiger partial charge in [0.2, 0.25) is 0 Å². The Bertz CT molecular complexity index is 1120. The van der Waals surface area contributed by atoms with Crippen LogP contribution < -0.4 is 19.0 Å². The summed E-state index contributed by atoms with van der Waals surface area (Å²) in [6.45, 7) is 3.55. The molecule has 0 atom stereocenters. The van der Waals surface area contributed by atoms with Gasteiger partial charge in [0.25, 0.3) is 5.91 Å². The van der Waals surface area contributed by atoms with E-state index in [1.807, 2.05) is 24.3 Å². The highest BCUT2D eigenvalue weighted by atomic mass is 32.2. The summed E-state index contributed by atoms with van der Waals surface area (Å²) in [5.41, 5.74) is 1.49. The van der Waals surface area contributed by atoms with Gasteiger partial charge in [-0.3, -0.25) is 4.79 Å². The zero-order valence-electron chi connectivity index (χ0n) is 19.1. The Labute approximate surface area is 197 Å². The van der Waals surface area contributed by atoms with Crippen LogP contribution in [-0.4, -0.2) is 43.3 Å². The standard InChI is InChI=1S/C24H30N2O4S2/c1-5-6-7-12-30-18-10-8-9-17(14-18)23(27)25-24-26(11-13-31-4)19-15-20(28-2)21(29-3)16-22(19)32-24/h8-10,14-16H,5-7,11-13H2,1-4H3. The first-order valence-electron chi connectivity index (χ1n) is 10.7. The molecule has 0 N–H and O–H groups in total. The Balaban J connectivity index is 1.96. The normalized spacial score (nSPS) is 11.7. The van der Waals surface area contributed by atoms with Gasteiger partial charge in [-0.15, -0.1) is 0 Å². The van der Waals surface area contributed by atoms with Crippen LogP contribution in [0.15, 0.2) is 41.4 Å². The molecule has 8 heteroatoms. The van der Waals surface area contributed by atoms with E-state index < -0.39 is 0 Å². The van der Waals surface area contributed by atoms with E-state index in [2.05, 4.69) is 22.7 Å². The predicted octanol–water partition coefficient (Wildman–Crippen LogP) is 5.39. The minimum absolute atomic E-state index is 0.285. The molecule has 0 fully saturated rings. The van der Waals surface area contributed by atoms with Gasteiger partial charge in [-0.25, -0.2) is 0 Å². The van der Waals surface area contributed by atoms with E-state index in [1.165, 1.54) is 11.3 Å². The van der Waals surface area contributed by atoms with Gasteiger partial charge >= 0.3 is 0 Å². The van der Waals surface area contributed by atoms with Gasteiger partial charge in [-0.1, -0.05) is 37.2 Å². The second kappa shape index (κ2) is 12.0. The smallest absolute Gasteiger partial charge is 0.279 e. The van der Waals surface area contributed by atoms with Gasteiger partial charge in [0.05, 0.1) is 31.0 Å². The van der Waals surface area contributed by atoms with Gasteiger partial charge in [0.15, 0.2) is 16.3 Å². The molecule has 172 valence electrons. The Hall–Kier alpha value is -2.45. The first-order valence-corrected chi connectivity index (χ1v) is 12.9. The zero-order chi connectivity index (χ0) is 22.9. The average Bonchev–Trinajstić information content (AvgIpc) is 3.15. The summed E-state index contributed by atoms with van der Waals surface area (Å²) in [7, 11) is 3.24. The summed E-state index contributed by atoms with van der Waals surface area (Å²) in [6, 6.07) is 11.1. The topological polar surface area (TPSA) is 62.1 Å². The predicted molar refractivity (Wildman–Crippen MR) is 133 cm³/mol. The molecule has 0 unspecified atom stereocenters. The van der Waals surface area contributed by atoms with Crippen LogP contribution in [0.5, 0.6) is 17.2 Å². The van der Waals surface area contributed by atoms with Crippen LogP contribution in [0.1, 0.15) is 36.5 Å². The van der Waals surface area contributed by atoms with Crippen molar-refractivity contribution in [2.24, 2.45) is 4.99 Å². The Morgan fingerprint density at radius 1 is 1.12 bits per heavy atom. The van der Waals surface area contributed by atoms with E-state index in [1.54, 1.807) is 38.1 Å². The molecule has 0 aliphatic heterocycles. The number of hydrogen-bond acceptors (Lipinski definition) is 6. The van der Waals surface area contributed by atoms with E-state index in [0.29, 0.717) is 34.2 Å². The van der Waals surface area contributed by atoms with Crippen molar-refractivity contribution in [3.05, 3.63) is 46.8 Å². The number of nitrogens with zero attached hydrogens (tertiary/aromatic N) is 2. The lowest BCUT2D eigenvalue weighted by Crippen LogP contribution is -2.18. The van der Waals surface area contributed by atoms with Gasteiger partial charge in [0, 0.05) is 30.0 Å². The minimum Gasteiger partial charge on any atom is -0.494 e. The molecule has 1 heterocycles. The summed E-state index contributed by atoms with van der Waals surface area (Å²) in [6.07, 6.45) is 5.34. The van der Waals surface area contributed by atoms with E-state index in [9.17, 15) is 4.79 Å². The number of carbonyl (C=O) groups is 1. The molecular weight excluding hydrogens is 444 g/mol. The van der Waals surface area contributed by atoms with Crippen LogP contribution in [0.4, 0.5) is 0 Å². The van der Waals surface area contributed by atoms with Crippen molar-refractivity contribution in [2.75, 3.05) is 32.8 Å². The first-order chi connectivity index (χ1) is 15.6. The Kier molecular flexibility index (Phi) is 9.05. The average molecular weight is 475 g/mol. The lowest BCUT2D eigenvalue weighted by molar-refractivity contribution is 0.0997. The van der Waals surface area contributed by atoms with Crippen molar-refractivity contribution < 1.29 is 19.0 Å². The lowest BCUT2D eigenvalue weighted by Gasteiger charge is -2.09. The van der Waals surface area contributed by atoms with Gasteiger partial charge in [0.1, 0.15) is 5.75 Å². The molecule has 0 saturated heterocycles. The molecule has 0 spiro atoms. The maximum Gasteiger partial charge on any atom is 0.279 e. The fraction of sp³-hybridized carbons (Fsp3) is 0.417. The van der Waals surface area contributed by atoms with Gasteiger partial charge in [-0.2, -0.15) is 16.8 Å². The van der Waals surface area contributed by atoms with Crippen molar-refractivity contribution in [3.63, 3.8) is 0 Å². The van der Waals surface area contributed by atoms with E-state index >= 15 is 0 Å². The van der Waals surface area contributed by atoms with Crippen molar-refractivity contribution in [3.8, 4) is 17.2 Å². The number of hydrogen-bond donors (Lipinski definition) is 0. The van der Waals surface area contributed by atoms with E-state index in [4.69, 9.17) is 14.2 Å². The highest BCUT2D eigenvalue weighted by Crippen LogP contribution is 2.33. The second-order valence-electron chi connectivity index (χ2n) is 7.20. The van der Waals surface area contributed by atoms with Crippen molar-refractivity contribution in [1.82, 2.24) is 4.57 Å².